The van der Waals surface area contributed by atoms with Gasteiger partial charge in [0.05, 0.1) is 5.02 Å². The number of hydrogen-bond donors (Lipinski definition) is 1. The van der Waals surface area contributed by atoms with Crippen molar-refractivity contribution in [3.63, 3.8) is 0 Å². The van der Waals surface area contributed by atoms with Gasteiger partial charge in [0.15, 0.2) is 17.0 Å². The lowest BCUT2D eigenvalue weighted by molar-refractivity contribution is 0.530. The number of nitrogens with one attached hydrogen (secondary N) is 1. The number of fused-ring (bicyclic) bond motifs is 3. The molecule has 0 radical (unpaired) electrons. The monoisotopic (exact) mass is 317 g/mol. The Labute approximate surface area is 131 Å². The Morgan fingerprint density at radius 1 is 1.23 bits per heavy atom. The summed E-state index contributed by atoms with van der Waals surface area (Å²) in [5.74, 6) is 1.20. The van der Waals surface area contributed by atoms with Crippen LogP contribution in [0.3, 0.4) is 0 Å². The summed E-state index contributed by atoms with van der Waals surface area (Å²) in [6.45, 7) is 0.935. The predicted octanol–water partition coefficient (Wildman–Crippen LogP) is 3.70. The number of benzene rings is 1. The van der Waals surface area contributed by atoms with Crippen LogP contribution >= 0.6 is 11.6 Å². The molecule has 0 unspecified atom stereocenters. The first-order chi connectivity index (χ1) is 10.7. The molecule has 0 fully saturated rings. The van der Waals surface area contributed by atoms with Crippen LogP contribution in [0.25, 0.3) is 11.2 Å². The fourth-order valence-corrected chi connectivity index (χ4v) is 2.94. The first kappa shape index (κ1) is 13.5. The molecule has 1 aliphatic rings. The third kappa shape index (κ3) is 2.20. The molecule has 112 valence electrons. The molecule has 3 aromatic rings. The van der Waals surface area contributed by atoms with Crippen molar-refractivity contribution in [1.82, 2.24) is 19.5 Å². The highest BCUT2D eigenvalue weighted by molar-refractivity contribution is 6.31. The molecular formula is C15H13ClFN5. The molecule has 0 aliphatic carbocycles. The van der Waals surface area contributed by atoms with Crippen molar-refractivity contribution in [2.75, 3.05) is 5.32 Å². The quantitative estimate of drug-likeness (QED) is 0.783. The van der Waals surface area contributed by atoms with Crippen LogP contribution in [0.15, 0.2) is 24.5 Å². The van der Waals surface area contributed by atoms with Crippen LogP contribution in [0.1, 0.15) is 18.7 Å². The second kappa shape index (κ2) is 5.21. The summed E-state index contributed by atoms with van der Waals surface area (Å²) in [5, 5.41) is 3.21. The van der Waals surface area contributed by atoms with Crippen molar-refractivity contribution in [1.29, 1.82) is 0 Å². The third-order valence-electron chi connectivity index (χ3n) is 3.83. The van der Waals surface area contributed by atoms with Crippen LogP contribution in [0, 0.1) is 5.82 Å². The van der Waals surface area contributed by atoms with Gasteiger partial charge < -0.3 is 9.88 Å². The number of halogens is 2. The maximum Gasteiger partial charge on any atom is 0.165 e. The van der Waals surface area contributed by atoms with Crippen LogP contribution in [0.5, 0.6) is 0 Å². The van der Waals surface area contributed by atoms with Gasteiger partial charge in [-0.05, 0) is 31.0 Å². The number of anilines is 2. The summed E-state index contributed by atoms with van der Waals surface area (Å²) >= 11 is 5.81. The maximum atomic E-state index is 13.2. The highest BCUT2D eigenvalue weighted by Crippen LogP contribution is 2.27. The zero-order chi connectivity index (χ0) is 15.1. The van der Waals surface area contributed by atoms with E-state index in [0.29, 0.717) is 11.5 Å². The topological polar surface area (TPSA) is 55.6 Å². The average Bonchev–Trinajstić information content (AvgIpc) is 2.91. The minimum Gasteiger partial charge on any atom is -0.338 e. The van der Waals surface area contributed by atoms with Gasteiger partial charge in [-0.1, -0.05) is 11.6 Å². The van der Waals surface area contributed by atoms with Crippen LogP contribution < -0.4 is 5.32 Å². The fourth-order valence-electron chi connectivity index (χ4n) is 2.76. The lowest BCUT2D eigenvalue weighted by Gasteiger charge is -2.13. The van der Waals surface area contributed by atoms with Gasteiger partial charge in [-0.15, -0.1) is 0 Å². The number of rotatable bonds is 2. The van der Waals surface area contributed by atoms with Crippen molar-refractivity contribution >= 4 is 34.3 Å². The number of hydrogen-bond acceptors (Lipinski definition) is 4. The van der Waals surface area contributed by atoms with Gasteiger partial charge >= 0.3 is 0 Å². The molecule has 1 N–H and O–H groups in total. The molecule has 7 heteroatoms. The van der Waals surface area contributed by atoms with E-state index in [9.17, 15) is 4.39 Å². The smallest absolute Gasteiger partial charge is 0.165 e. The van der Waals surface area contributed by atoms with Crippen molar-refractivity contribution in [2.45, 2.75) is 25.8 Å². The van der Waals surface area contributed by atoms with Crippen molar-refractivity contribution in [3.8, 4) is 0 Å². The van der Waals surface area contributed by atoms with Gasteiger partial charge in [-0.3, -0.25) is 0 Å². The molecule has 0 atom stereocenters. The highest BCUT2D eigenvalue weighted by Gasteiger charge is 2.18. The second-order valence-electron chi connectivity index (χ2n) is 5.29. The summed E-state index contributed by atoms with van der Waals surface area (Å²) in [4.78, 5) is 13.3. The molecule has 5 nitrogen and oxygen atoms in total. The second-order valence-corrected chi connectivity index (χ2v) is 5.69. The van der Waals surface area contributed by atoms with E-state index in [2.05, 4.69) is 24.8 Å². The van der Waals surface area contributed by atoms with E-state index in [1.807, 2.05) is 0 Å². The Morgan fingerprint density at radius 3 is 3.00 bits per heavy atom. The minimum absolute atomic E-state index is 0.0689. The molecule has 0 saturated heterocycles. The molecule has 0 spiro atoms. The molecule has 3 heterocycles. The van der Waals surface area contributed by atoms with E-state index in [4.69, 9.17) is 11.6 Å². The van der Waals surface area contributed by atoms with E-state index >= 15 is 0 Å². The number of aromatic nitrogens is 4. The van der Waals surface area contributed by atoms with E-state index in [1.165, 1.54) is 18.5 Å². The van der Waals surface area contributed by atoms with Gasteiger partial charge in [-0.2, -0.15) is 0 Å². The maximum absolute atomic E-state index is 13.2. The average molecular weight is 318 g/mol. The normalized spacial score (nSPS) is 14.1. The zero-order valence-corrected chi connectivity index (χ0v) is 12.4. The molecular weight excluding hydrogens is 305 g/mol. The molecule has 0 bridgehead atoms. The Kier molecular flexibility index (Phi) is 3.18. The minimum atomic E-state index is -0.447. The number of imidazole rings is 1. The van der Waals surface area contributed by atoms with Gasteiger partial charge in [0.1, 0.15) is 18.0 Å². The summed E-state index contributed by atoms with van der Waals surface area (Å²) < 4.78 is 15.4. The van der Waals surface area contributed by atoms with Gasteiger partial charge in [0, 0.05) is 18.7 Å². The van der Waals surface area contributed by atoms with E-state index < -0.39 is 5.82 Å². The summed E-state index contributed by atoms with van der Waals surface area (Å²) in [5.41, 5.74) is 2.23. The largest absolute Gasteiger partial charge is 0.338 e. The van der Waals surface area contributed by atoms with Crippen molar-refractivity contribution in [3.05, 3.63) is 41.2 Å². The fraction of sp³-hybridized carbons (Fsp3) is 0.267. The SMILES string of the molecule is Fc1ccc(Nc2ncnc3c2nc2n3CCCC2)cc1Cl. The Hall–Kier alpha value is -2.21. The summed E-state index contributed by atoms with van der Waals surface area (Å²) in [6.07, 6.45) is 4.75. The molecule has 22 heavy (non-hydrogen) atoms. The van der Waals surface area contributed by atoms with E-state index in [0.717, 1.165) is 42.8 Å². The molecule has 0 amide bonds. The third-order valence-corrected chi connectivity index (χ3v) is 4.12. The number of aryl methyl sites for hydroxylation is 2. The Morgan fingerprint density at radius 2 is 2.14 bits per heavy atom. The Balaban J connectivity index is 1.78. The zero-order valence-electron chi connectivity index (χ0n) is 11.7. The van der Waals surface area contributed by atoms with E-state index in [1.54, 1.807) is 6.07 Å². The van der Waals surface area contributed by atoms with Crippen molar-refractivity contribution < 1.29 is 4.39 Å². The van der Waals surface area contributed by atoms with E-state index in [-0.39, 0.29) is 5.02 Å². The molecule has 2 aromatic heterocycles. The first-order valence-electron chi connectivity index (χ1n) is 7.14. The standard InChI is InChI=1S/C15H13ClFN5/c16-10-7-9(4-5-11(10)17)20-14-13-15(19-8-18-14)22-6-2-1-3-12(22)21-13/h4-5,7-8H,1-3,6H2,(H,18,19,20). The lowest BCUT2D eigenvalue weighted by Crippen LogP contribution is -2.10. The van der Waals surface area contributed by atoms with Crippen LogP contribution in [0.4, 0.5) is 15.9 Å². The van der Waals surface area contributed by atoms with Gasteiger partial charge in [-0.25, -0.2) is 19.3 Å². The van der Waals surface area contributed by atoms with Crippen LogP contribution in [0.2, 0.25) is 5.02 Å². The lowest BCUT2D eigenvalue weighted by atomic mass is 10.2. The molecule has 1 aromatic carbocycles. The van der Waals surface area contributed by atoms with Crippen LogP contribution in [-0.4, -0.2) is 19.5 Å². The predicted molar refractivity (Wildman–Crippen MR) is 83.0 cm³/mol. The van der Waals surface area contributed by atoms with Gasteiger partial charge in [0.25, 0.3) is 0 Å². The first-order valence-corrected chi connectivity index (χ1v) is 7.52. The molecule has 1 aliphatic heterocycles. The van der Waals surface area contributed by atoms with Gasteiger partial charge in [0.2, 0.25) is 0 Å². The highest BCUT2D eigenvalue weighted by atomic mass is 35.5. The number of nitrogens with zero attached hydrogens (tertiary/aromatic N) is 4. The summed E-state index contributed by atoms with van der Waals surface area (Å²) in [6, 6.07) is 4.47. The van der Waals surface area contributed by atoms with Crippen molar-refractivity contribution in [2.24, 2.45) is 0 Å². The molecule has 0 saturated carbocycles. The van der Waals surface area contributed by atoms with Crippen LogP contribution in [-0.2, 0) is 13.0 Å². The Bertz CT molecular complexity index is 861. The summed E-state index contributed by atoms with van der Waals surface area (Å²) in [7, 11) is 0. The molecule has 4 rings (SSSR count).